The Labute approximate surface area is 106 Å². The van der Waals surface area contributed by atoms with Gasteiger partial charge in [-0.25, -0.2) is 0 Å². The molecule has 0 radical (unpaired) electrons. The SMILES string of the molecule is CCCNC(c1ccoc1Br)C1CCCC1. The van der Waals surface area contributed by atoms with Gasteiger partial charge in [-0.05, 0) is 53.7 Å². The molecule has 1 aromatic rings. The fraction of sp³-hybridized carbons (Fsp3) is 0.692. The van der Waals surface area contributed by atoms with Crippen molar-refractivity contribution in [2.75, 3.05) is 6.54 Å². The molecule has 2 nitrogen and oxygen atoms in total. The molecule has 0 spiro atoms. The van der Waals surface area contributed by atoms with Crippen LogP contribution in [-0.2, 0) is 0 Å². The summed E-state index contributed by atoms with van der Waals surface area (Å²) in [6.07, 6.45) is 8.40. The van der Waals surface area contributed by atoms with Crippen LogP contribution in [0.1, 0.15) is 50.6 Å². The van der Waals surface area contributed by atoms with E-state index in [1.54, 1.807) is 6.26 Å². The summed E-state index contributed by atoms with van der Waals surface area (Å²) in [5, 5.41) is 3.66. The maximum atomic E-state index is 5.36. The van der Waals surface area contributed by atoms with Crippen molar-refractivity contribution in [3.05, 3.63) is 22.6 Å². The predicted molar refractivity (Wildman–Crippen MR) is 69.4 cm³/mol. The molecular formula is C13H20BrNO. The topological polar surface area (TPSA) is 25.2 Å². The summed E-state index contributed by atoms with van der Waals surface area (Å²) in [7, 11) is 0. The molecule has 1 atom stereocenters. The lowest BCUT2D eigenvalue weighted by Gasteiger charge is -2.24. The maximum absolute atomic E-state index is 5.36. The van der Waals surface area contributed by atoms with Crippen molar-refractivity contribution in [1.29, 1.82) is 0 Å². The van der Waals surface area contributed by atoms with Crippen molar-refractivity contribution in [3.8, 4) is 0 Å². The Bertz CT molecular complexity index is 317. The summed E-state index contributed by atoms with van der Waals surface area (Å²) >= 11 is 3.50. The Kier molecular flexibility index (Phi) is 4.47. The zero-order chi connectivity index (χ0) is 11.4. The van der Waals surface area contributed by atoms with Gasteiger partial charge in [0.2, 0.25) is 0 Å². The molecule has 1 saturated carbocycles. The number of furan rings is 1. The second kappa shape index (κ2) is 5.87. The summed E-state index contributed by atoms with van der Waals surface area (Å²) < 4.78 is 6.26. The standard InChI is InChI=1S/C13H20BrNO/c1-2-8-15-12(10-5-3-4-6-10)11-7-9-16-13(11)14/h7,9-10,12,15H,2-6,8H2,1H3. The van der Waals surface area contributed by atoms with Gasteiger partial charge in [-0.1, -0.05) is 19.8 Å². The smallest absolute Gasteiger partial charge is 0.173 e. The highest BCUT2D eigenvalue weighted by molar-refractivity contribution is 9.10. The largest absolute Gasteiger partial charge is 0.457 e. The van der Waals surface area contributed by atoms with E-state index >= 15 is 0 Å². The molecule has 90 valence electrons. The predicted octanol–water partition coefficient (Wildman–Crippen LogP) is 4.27. The van der Waals surface area contributed by atoms with Gasteiger partial charge in [-0.15, -0.1) is 0 Å². The van der Waals surface area contributed by atoms with E-state index in [-0.39, 0.29) is 0 Å². The molecule has 3 heteroatoms. The minimum Gasteiger partial charge on any atom is -0.457 e. The van der Waals surface area contributed by atoms with E-state index in [0.717, 1.165) is 17.1 Å². The average Bonchev–Trinajstić information content (AvgIpc) is 2.91. The Morgan fingerprint density at radius 2 is 2.25 bits per heavy atom. The fourth-order valence-corrected chi connectivity index (χ4v) is 3.13. The third kappa shape index (κ3) is 2.69. The Morgan fingerprint density at radius 1 is 1.50 bits per heavy atom. The molecule has 1 unspecified atom stereocenters. The van der Waals surface area contributed by atoms with E-state index in [2.05, 4.69) is 34.2 Å². The van der Waals surface area contributed by atoms with Gasteiger partial charge < -0.3 is 9.73 Å². The summed E-state index contributed by atoms with van der Waals surface area (Å²) in [6, 6.07) is 2.56. The van der Waals surface area contributed by atoms with Crippen molar-refractivity contribution in [2.24, 2.45) is 5.92 Å². The normalized spacial score (nSPS) is 19.1. The van der Waals surface area contributed by atoms with Crippen LogP contribution >= 0.6 is 15.9 Å². The molecule has 2 rings (SSSR count). The summed E-state index contributed by atoms with van der Waals surface area (Å²) in [4.78, 5) is 0. The minimum absolute atomic E-state index is 0.468. The molecular weight excluding hydrogens is 266 g/mol. The first-order valence-corrected chi connectivity index (χ1v) is 7.08. The van der Waals surface area contributed by atoms with Crippen LogP contribution in [0.5, 0.6) is 0 Å². The van der Waals surface area contributed by atoms with Gasteiger partial charge >= 0.3 is 0 Å². The molecule has 0 aliphatic heterocycles. The van der Waals surface area contributed by atoms with E-state index < -0.39 is 0 Å². The van der Waals surface area contributed by atoms with Gasteiger partial charge in [0.05, 0.1) is 6.26 Å². The van der Waals surface area contributed by atoms with Crippen LogP contribution in [0, 0.1) is 5.92 Å². The number of rotatable bonds is 5. The van der Waals surface area contributed by atoms with Crippen molar-refractivity contribution >= 4 is 15.9 Å². The fourth-order valence-electron chi connectivity index (χ4n) is 2.65. The quantitative estimate of drug-likeness (QED) is 0.874. The second-order valence-corrected chi connectivity index (χ2v) is 5.35. The highest BCUT2D eigenvalue weighted by Crippen LogP contribution is 2.38. The molecule has 1 N–H and O–H groups in total. The highest BCUT2D eigenvalue weighted by atomic mass is 79.9. The van der Waals surface area contributed by atoms with Crippen LogP contribution in [0.25, 0.3) is 0 Å². The van der Waals surface area contributed by atoms with Gasteiger partial charge in [-0.3, -0.25) is 0 Å². The lowest BCUT2D eigenvalue weighted by atomic mass is 9.93. The molecule has 0 aromatic carbocycles. The van der Waals surface area contributed by atoms with E-state index in [1.165, 1.54) is 37.7 Å². The minimum atomic E-state index is 0.468. The van der Waals surface area contributed by atoms with Gasteiger partial charge in [-0.2, -0.15) is 0 Å². The zero-order valence-corrected chi connectivity index (χ0v) is 11.4. The molecule has 0 amide bonds. The third-order valence-corrected chi connectivity index (χ3v) is 4.11. The van der Waals surface area contributed by atoms with Crippen LogP contribution in [0.3, 0.4) is 0 Å². The van der Waals surface area contributed by atoms with E-state index in [9.17, 15) is 0 Å². The van der Waals surface area contributed by atoms with Crippen molar-refractivity contribution in [2.45, 2.75) is 45.1 Å². The van der Waals surface area contributed by atoms with Gasteiger partial charge in [0.1, 0.15) is 0 Å². The third-order valence-electron chi connectivity index (χ3n) is 3.47. The van der Waals surface area contributed by atoms with Crippen LogP contribution in [0.4, 0.5) is 0 Å². The number of hydrogen-bond acceptors (Lipinski definition) is 2. The molecule has 1 aliphatic rings. The molecule has 0 bridgehead atoms. The van der Waals surface area contributed by atoms with Gasteiger partial charge in [0, 0.05) is 11.6 Å². The summed E-state index contributed by atoms with van der Waals surface area (Å²) in [5.41, 5.74) is 1.29. The number of halogens is 1. The molecule has 1 heterocycles. The first-order valence-electron chi connectivity index (χ1n) is 6.29. The lowest BCUT2D eigenvalue weighted by Crippen LogP contribution is -2.27. The molecule has 1 aromatic heterocycles. The van der Waals surface area contributed by atoms with E-state index in [0.29, 0.717) is 6.04 Å². The molecule has 16 heavy (non-hydrogen) atoms. The summed E-state index contributed by atoms with van der Waals surface area (Å²) in [6.45, 7) is 3.29. The van der Waals surface area contributed by atoms with E-state index in [4.69, 9.17) is 4.42 Å². The lowest BCUT2D eigenvalue weighted by molar-refractivity contribution is 0.363. The number of hydrogen-bond donors (Lipinski definition) is 1. The average molecular weight is 286 g/mol. The molecule has 0 saturated heterocycles. The Balaban J connectivity index is 2.10. The first kappa shape index (κ1) is 12.2. The van der Waals surface area contributed by atoms with E-state index in [1.807, 2.05) is 0 Å². The number of nitrogens with one attached hydrogen (secondary N) is 1. The monoisotopic (exact) mass is 285 g/mol. The van der Waals surface area contributed by atoms with Gasteiger partial charge in [0.15, 0.2) is 4.67 Å². The zero-order valence-electron chi connectivity index (χ0n) is 9.84. The van der Waals surface area contributed by atoms with Crippen LogP contribution in [0.15, 0.2) is 21.4 Å². The first-order chi connectivity index (χ1) is 7.83. The van der Waals surface area contributed by atoms with Crippen molar-refractivity contribution < 1.29 is 4.42 Å². The van der Waals surface area contributed by atoms with Crippen LogP contribution in [0.2, 0.25) is 0 Å². The second-order valence-electron chi connectivity index (χ2n) is 4.63. The highest BCUT2D eigenvalue weighted by Gasteiger charge is 2.28. The van der Waals surface area contributed by atoms with Gasteiger partial charge in [0.25, 0.3) is 0 Å². The van der Waals surface area contributed by atoms with Crippen LogP contribution < -0.4 is 5.32 Å². The van der Waals surface area contributed by atoms with Crippen molar-refractivity contribution in [3.63, 3.8) is 0 Å². The summed E-state index contributed by atoms with van der Waals surface area (Å²) in [5.74, 6) is 0.778. The molecule has 1 aliphatic carbocycles. The maximum Gasteiger partial charge on any atom is 0.173 e. The Hall–Kier alpha value is -0.280. The van der Waals surface area contributed by atoms with Crippen molar-refractivity contribution in [1.82, 2.24) is 5.32 Å². The molecule has 1 fully saturated rings. The Morgan fingerprint density at radius 3 is 2.81 bits per heavy atom. The van der Waals surface area contributed by atoms with Crippen LogP contribution in [-0.4, -0.2) is 6.54 Å².